The summed E-state index contributed by atoms with van der Waals surface area (Å²) in [5, 5.41) is 6.49. The summed E-state index contributed by atoms with van der Waals surface area (Å²) in [7, 11) is 0. The number of piperidine rings is 1. The SMILES string of the molecule is CC1(C(=O)NCCN2CCCCCC2)CCCCN1. The van der Waals surface area contributed by atoms with Crippen LogP contribution in [0, 0.1) is 0 Å². The van der Waals surface area contributed by atoms with E-state index >= 15 is 0 Å². The molecule has 0 spiro atoms. The van der Waals surface area contributed by atoms with E-state index in [1.54, 1.807) is 0 Å². The summed E-state index contributed by atoms with van der Waals surface area (Å²) in [5.74, 6) is 0.182. The van der Waals surface area contributed by atoms with Crippen molar-refractivity contribution < 1.29 is 4.79 Å². The van der Waals surface area contributed by atoms with Crippen molar-refractivity contribution in [3.05, 3.63) is 0 Å². The Balaban J connectivity index is 1.68. The first-order chi connectivity index (χ1) is 9.21. The van der Waals surface area contributed by atoms with Crippen LogP contribution in [0.1, 0.15) is 51.9 Å². The first-order valence-corrected chi connectivity index (χ1v) is 7.96. The third-order valence-corrected chi connectivity index (χ3v) is 4.53. The van der Waals surface area contributed by atoms with E-state index < -0.39 is 0 Å². The van der Waals surface area contributed by atoms with Crippen LogP contribution in [0.2, 0.25) is 0 Å². The third-order valence-electron chi connectivity index (χ3n) is 4.53. The summed E-state index contributed by atoms with van der Waals surface area (Å²) in [6.45, 7) is 7.19. The Hall–Kier alpha value is -0.610. The molecule has 0 radical (unpaired) electrons. The molecule has 0 bridgehead atoms. The lowest BCUT2D eigenvalue weighted by Gasteiger charge is -2.33. The van der Waals surface area contributed by atoms with Crippen LogP contribution >= 0.6 is 0 Å². The molecule has 2 aliphatic heterocycles. The largest absolute Gasteiger partial charge is 0.353 e. The number of likely N-dealkylation sites (tertiary alicyclic amines) is 1. The van der Waals surface area contributed by atoms with Crippen LogP contribution < -0.4 is 10.6 Å². The molecule has 0 aromatic rings. The molecule has 2 rings (SSSR count). The molecular formula is C15H29N3O. The second kappa shape index (κ2) is 7.25. The maximum atomic E-state index is 12.2. The molecule has 4 heteroatoms. The number of nitrogens with one attached hydrogen (secondary N) is 2. The van der Waals surface area contributed by atoms with Gasteiger partial charge in [0, 0.05) is 13.1 Å². The fourth-order valence-electron chi connectivity index (χ4n) is 3.13. The molecule has 2 saturated heterocycles. The van der Waals surface area contributed by atoms with E-state index in [-0.39, 0.29) is 11.4 Å². The Morgan fingerprint density at radius 1 is 1.16 bits per heavy atom. The smallest absolute Gasteiger partial charge is 0.240 e. The molecule has 2 N–H and O–H groups in total. The van der Waals surface area contributed by atoms with Crippen LogP contribution in [0.15, 0.2) is 0 Å². The number of carbonyl (C=O) groups is 1. The van der Waals surface area contributed by atoms with Crippen LogP contribution in [0.3, 0.4) is 0 Å². The summed E-state index contributed by atoms with van der Waals surface area (Å²) in [4.78, 5) is 14.7. The number of rotatable bonds is 4. The summed E-state index contributed by atoms with van der Waals surface area (Å²) in [5.41, 5.74) is -0.336. The molecule has 2 fully saturated rings. The van der Waals surface area contributed by atoms with E-state index in [9.17, 15) is 4.79 Å². The third kappa shape index (κ3) is 4.46. The number of carbonyl (C=O) groups excluding carboxylic acids is 1. The summed E-state index contributed by atoms with van der Waals surface area (Å²) < 4.78 is 0. The molecule has 0 aromatic carbocycles. The standard InChI is InChI=1S/C15H29N3O/c1-15(8-4-5-9-17-15)14(19)16-10-13-18-11-6-2-3-7-12-18/h17H,2-13H2,1H3,(H,16,19). The Bertz CT molecular complexity index is 279. The van der Waals surface area contributed by atoms with Gasteiger partial charge in [-0.1, -0.05) is 12.8 Å². The highest BCUT2D eigenvalue weighted by Crippen LogP contribution is 2.18. The number of hydrogen-bond acceptors (Lipinski definition) is 3. The van der Waals surface area contributed by atoms with Gasteiger partial charge in [-0.05, 0) is 58.7 Å². The maximum Gasteiger partial charge on any atom is 0.240 e. The Morgan fingerprint density at radius 2 is 1.89 bits per heavy atom. The van der Waals surface area contributed by atoms with Gasteiger partial charge in [0.1, 0.15) is 0 Å². The highest BCUT2D eigenvalue weighted by atomic mass is 16.2. The zero-order valence-corrected chi connectivity index (χ0v) is 12.3. The van der Waals surface area contributed by atoms with Crippen LogP contribution in [-0.4, -0.2) is 49.1 Å². The van der Waals surface area contributed by atoms with Crippen molar-refractivity contribution in [1.82, 2.24) is 15.5 Å². The quantitative estimate of drug-likeness (QED) is 0.811. The molecule has 0 aliphatic carbocycles. The van der Waals surface area contributed by atoms with Crippen molar-refractivity contribution in [3.63, 3.8) is 0 Å². The van der Waals surface area contributed by atoms with Gasteiger partial charge in [0.05, 0.1) is 5.54 Å². The topological polar surface area (TPSA) is 44.4 Å². The summed E-state index contributed by atoms with van der Waals surface area (Å²) in [6.07, 6.45) is 8.67. The second-order valence-electron chi connectivity index (χ2n) is 6.23. The lowest BCUT2D eigenvalue weighted by Crippen LogP contribution is -2.57. The van der Waals surface area contributed by atoms with Gasteiger partial charge in [-0.25, -0.2) is 0 Å². The van der Waals surface area contributed by atoms with Gasteiger partial charge >= 0.3 is 0 Å². The minimum atomic E-state index is -0.336. The lowest BCUT2D eigenvalue weighted by molar-refractivity contribution is -0.128. The Labute approximate surface area is 117 Å². The number of nitrogens with zero attached hydrogens (tertiary/aromatic N) is 1. The molecule has 1 atom stereocenters. The highest BCUT2D eigenvalue weighted by Gasteiger charge is 2.33. The predicted molar refractivity (Wildman–Crippen MR) is 78.2 cm³/mol. The molecule has 19 heavy (non-hydrogen) atoms. The highest BCUT2D eigenvalue weighted by molar-refractivity contribution is 5.85. The molecule has 1 amide bonds. The van der Waals surface area contributed by atoms with Gasteiger partial charge in [-0.3, -0.25) is 4.79 Å². The van der Waals surface area contributed by atoms with Crippen molar-refractivity contribution in [3.8, 4) is 0 Å². The van der Waals surface area contributed by atoms with Crippen molar-refractivity contribution in [2.45, 2.75) is 57.4 Å². The van der Waals surface area contributed by atoms with Crippen LogP contribution in [-0.2, 0) is 4.79 Å². The number of amides is 1. The first-order valence-electron chi connectivity index (χ1n) is 7.96. The molecule has 2 aliphatic rings. The van der Waals surface area contributed by atoms with Gasteiger partial charge in [-0.2, -0.15) is 0 Å². The Kier molecular flexibility index (Phi) is 5.64. The van der Waals surface area contributed by atoms with Crippen LogP contribution in [0.5, 0.6) is 0 Å². The zero-order valence-electron chi connectivity index (χ0n) is 12.3. The van der Waals surface area contributed by atoms with E-state index in [1.165, 1.54) is 45.2 Å². The van der Waals surface area contributed by atoms with E-state index in [0.717, 1.165) is 32.5 Å². The van der Waals surface area contributed by atoms with E-state index in [2.05, 4.69) is 15.5 Å². The molecular weight excluding hydrogens is 238 g/mol. The second-order valence-corrected chi connectivity index (χ2v) is 6.23. The summed E-state index contributed by atoms with van der Waals surface area (Å²) in [6, 6.07) is 0. The average Bonchev–Trinajstić information content (AvgIpc) is 2.68. The van der Waals surface area contributed by atoms with E-state index in [0.29, 0.717) is 0 Å². The minimum Gasteiger partial charge on any atom is -0.353 e. The van der Waals surface area contributed by atoms with Gasteiger partial charge in [-0.15, -0.1) is 0 Å². The van der Waals surface area contributed by atoms with Crippen molar-refractivity contribution in [1.29, 1.82) is 0 Å². The fourth-order valence-corrected chi connectivity index (χ4v) is 3.13. The minimum absolute atomic E-state index is 0.182. The maximum absolute atomic E-state index is 12.2. The van der Waals surface area contributed by atoms with Crippen LogP contribution in [0.4, 0.5) is 0 Å². The molecule has 2 heterocycles. The Morgan fingerprint density at radius 3 is 2.53 bits per heavy atom. The van der Waals surface area contributed by atoms with Crippen molar-refractivity contribution in [2.75, 3.05) is 32.7 Å². The molecule has 1 unspecified atom stereocenters. The van der Waals surface area contributed by atoms with Gasteiger partial charge in [0.2, 0.25) is 5.91 Å². The normalized spacial score (nSPS) is 29.7. The van der Waals surface area contributed by atoms with E-state index in [1.807, 2.05) is 6.92 Å². The predicted octanol–water partition coefficient (Wildman–Crippen LogP) is 1.51. The molecule has 4 nitrogen and oxygen atoms in total. The fraction of sp³-hybridized carbons (Fsp3) is 0.933. The average molecular weight is 267 g/mol. The molecule has 0 aromatic heterocycles. The monoisotopic (exact) mass is 267 g/mol. The van der Waals surface area contributed by atoms with Gasteiger partial charge in [0.15, 0.2) is 0 Å². The summed E-state index contributed by atoms with van der Waals surface area (Å²) >= 11 is 0. The first kappa shape index (κ1) is 14.8. The number of hydrogen-bond donors (Lipinski definition) is 2. The van der Waals surface area contributed by atoms with Crippen molar-refractivity contribution >= 4 is 5.91 Å². The van der Waals surface area contributed by atoms with Gasteiger partial charge < -0.3 is 15.5 Å². The molecule has 0 saturated carbocycles. The molecule has 110 valence electrons. The lowest BCUT2D eigenvalue weighted by atomic mass is 9.90. The zero-order chi connectivity index (χ0) is 13.6. The van der Waals surface area contributed by atoms with Crippen molar-refractivity contribution in [2.24, 2.45) is 0 Å². The van der Waals surface area contributed by atoms with Gasteiger partial charge in [0.25, 0.3) is 0 Å². The van der Waals surface area contributed by atoms with Crippen LogP contribution in [0.25, 0.3) is 0 Å². The van der Waals surface area contributed by atoms with E-state index in [4.69, 9.17) is 0 Å².